The number of hydrogen-bond donors (Lipinski definition) is 0. The van der Waals surface area contributed by atoms with Crippen LogP contribution in [0.1, 0.15) is 57.4 Å². The Morgan fingerprint density at radius 1 is 1.12 bits per heavy atom. The Morgan fingerprint density at radius 3 is 2.72 bits per heavy atom. The van der Waals surface area contributed by atoms with E-state index >= 15 is 0 Å². The van der Waals surface area contributed by atoms with Crippen LogP contribution in [0.25, 0.3) is 0 Å². The summed E-state index contributed by atoms with van der Waals surface area (Å²) < 4.78 is 0. The Bertz CT molecular complexity index is 606. The maximum absolute atomic E-state index is 5.07. The molecule has 0 N–H and O–H groups in total. The van der Waals surface area contributed by atoms with Gasteiger partial charge in [-0.1, -0.05) is 48.0 Å². The van der Waals surface area contributed by atoms with Gasteiger partial charge in [0.1, 0.15) is 7.11 Å². The van der Waals surface area contributed by atoms with E-state index in [4.69, 9.17) is 4.84 Å². The summed E-state index contributed by atoms with van der Waals surface area (Å²) in [4.78, 5) is 7.81. The van der Waals surface area contributed by atoms with Gasteiger partial charge in [0, 0.05) is 12.6 Å². The van der Waals surface area contributed by atoms with Crippen LogP contribution in [0, 0.1) is 0 Å². The maximum Gasteiger partial charge on any atom is 0.106 e. The van der Waals surface area contributed by atoms with Gasteiger partial charge in [0.25, 0.3) is 0 Å². The molecule has 0 radical (unpaired) electrons. The first kappa shape index (κ1) is 18.2. The molecule has 3 heteroatoms. The Balaban J connectivity index is 1.66. The quantitative estimate of drug-likeness (QED) is 0.654. The third-order valence-corrected chi connectivity index (χ3v) is 5.64. The molecule has 0 bridgehead atoms. The lowest BCUT2D eigenvalue weighted by atomic mass is 9.78. The van der Waals surface area contributed by atoms with Crippen molar-refractivity contribution in [2.24, 2.45) is 5.16 Å². The third-order valence-electron chi connectivity index (χ3n) is 5.64. The van der Waals surface area contributed by atoms with E-state index in [1.54, 1.807) is 12.7 Å². The second kappa shape index (κ2) is 9.19. The van der Waals surface area contributed by atoms with Crippen LogP contribution in [0.2, 0.25) is 0 Å². The minimum absolute atomic E-state index is 0.698. The Hall–Kier alpha value is -1.61. The molecular formula is C22H32N2O. The topological polar surface area (TPSA) is 24.8 Å². The summed E-state index contributed by atoms with van der Waals surface area (Å²) in [6, 6.07) is 11.6. The van der Waals surface area contributed by atoms with Crippen molar-refractivity contribution in [2.45, 2.75) is 64.3 Å². The minimum Gasteiger partial charge on any atom is -0.399 e. The number of nitrogens with zero attached hydrogens (tertiary/aromatic N) is 2. The van der Waals surface area contributed by atoms with Crippen LogP contribution in [0.15, 0.2) is 46.6 Å². The molecule has 0 aromatic heterocycles. The van der Waals surface area contributed by atoms with E-state index < -0.39 is 0 Å². The molecule has 0 saturated carbocycles. The molecule has 0 fully saturated rings. The molecule has 0 aliphatic heterocycles. The van der Waals surface area contributed by atoms with Crippen molar-refractivity contribution in [1.29, 1.82) is 0 Å². The van der Waals surface area contributed by atoms with Crippen molar-refractivity contribution in [2.75, 3.05) is 20.2 Å². The van der Waals surface area contributed by atoms with Crippen molar-refractivity contribution in [1.82, 2.24) is 4.90 Å². The summed E-state index contributed by atoms with van der Waals surface area (Å²) in [5.41, 5.74) is 5.84. The van der Waals surface area contributed by atoms with Gasteiger partial charge >= 0.3 is 0 Å². The standard InChI is InChI=1S/C22H32N2O/c1-3-15-24(16-14-18-8-5-4-6-9-18)20-12-13-21-19(17-20)10-7-11-22(21)23-25-2/h4-6,8-9,20H,3,7,10-17H2,1-2H3. The lowest BCUT2D eigenvalue weighted by molar-refractivity contribution is 0.180. The van der Waals surface area contributed by atoms with Gasteiger partial charge in [0.05, 0.1) is 5.71 Å². The van der Waals surface area contributed by atoms with Crippen molar-refractivity contribution in [3.8, 4) is 0 Å². The van der Waals surface area contributed by atoms with E-state index in [0.717, 1.165) is 12.8 Å². The molecule has 3 rings (SSSR count). The number of oxime groups is 1. The van der Waals surface area contributed by atoms with E-state index in [1.807, 2.05) is 0 Å². The molecule has 2 aliphatic rings. The number of allylic oxidation sites excluding steroid dienone is 1. The largest absolute Gasteiger partial charge is 0.399 e. The molecule has 136 valence electrons. The summed E-state index contributed by atoms with van der Waals surface area (Å²) in [6.07, 6.45) is 9.62. The lowest BCUT2D eigenvalue weighted by Gasteiger charge is -2.38. The molecular weight excluding hydrogens is 308 g/mol. The fourth-order valence-corrected chi connectivity index (χ4v) is 4.42. The number of rotatable bonds is 7. The number of hydrogen-bond acceptors (Lipinski definition) is 3. The normalized spacial score (nSPS) is 22.4. The van der Waals surface area contributed by atoms with Crippen LogP contribution in [0.5, 0.6) is 0 Å². The molecule has 3 nitrogen and oxygen atoms in total. The fraction of sp³-hybridized carbons (Fsp3) is 0.591. The molecule has 0 saturated heterocycles. The van der Waals surface area contributed by atoms with Gasteiger partial charge in [-0.05, 0) is 69.0 Å². The second-order valence-corrected chi connectivity index (χ2v) is 7.32. The van der Waals surface area contributed by atoms with Crippen LogP contribution in [0.4, 0.5) is 0 Å². The predicted octanol–water partition coefficient (Wildman–Crippen LogP) is 4.98. The first-order valence-corrected chi connectivity index (χ1v) is 9.91. The van der Waals surface area contributed by atoms with Gasteiger partial charge in [-0.25, -0.2) is 0 Å². The fourth-order valence-electron chi connectivity index (χ4n) is 4.42. The average Bonchev–Trinajstić information content (AvgIpc) is 2.66. The lowest BCUT2D eigenvalue weighted by Crippen LogP contribution is -2.40. The van der Waals surface area contributed by atoms with Crippen molar-refractivity contribution in [3.63, 3.8) is 0 Å². The van der Waals surface area contributed by atoms with Crippen molar-refractivity contribution < 1.29 is 4.84 Å². The maximum atomic E-state index is 5.07. The van der Waals surface area contributed by atoms with E-state index in [-0.39, 0.29) is 0 Å². The van der Waals surface area contributed by atoms with Crippen molar-refractivity contribution >= 4 is 5.71 Å². The molecule has 25 heavy (non-hydrogen) atoms. The highest BCUT2D eigenvalue weighted by Crippen LogP contribution is 2.36. The van der Waals surface area contributed by atoms with Crippen molar-refractivity contribution in [3.05, 3.63) is 47.0 Å². The highest BCUT2D eigenvalue weighted by Gasteiger charge is 2.29. The molecule has 1 unspecified atom stereocenters. The predicted molar refractivity (Wildman–Crippen MR) is 105 cm³/mol. The zero-order chi connectivity index (χ0) is 17.5. The first-order chi connectivity index (χ1) is 12.3. The SMILES string of the molecule is CCCN(CCc1ccccc1)C1CCC2=C(CCCC2=NOC)C1. The summed E-state index contributed by atoms with van der Waals surface area (Å²) in [5, 5.41) is 4.30. The van der Waals surface area contributed by atoms with E-state index in [2.05, 4.69) is 47.3 Å². The number of benzene rings is 1. The Kier molecular flexibility index (Phi) is 6.69. The molecule has 0 heterocycles. The minimum atomic E-state index is 0.698. The molecule has 1 atom stereocenters. The van der Waals surface area contributed by atoms with Gasteiger partial charge in [-0.3, -0.25) is 4.90 Å². The van der Waals surface area contributed by atoms with E-state index in [9.17, 15) is 0 Å². The molecule has 1 aromatic rings. The highest BCUT2D eigenvalue weighted by molar-refractivity contribution is 6.01. The van der Waals surface area contributed by atoms with Crippen LogP contribution >= 0.6 is 0 Å². The zero-order valence-electron chi connectivity index (χ0n) is 15.8. The Morgan fingerprint density at radius 2 is 1.96 bits per heavy atom. The van der Waals surface area contributed by atoms with Crippen LogP contribution in [0.3, 0.4) is 0 Å². The molecule has 0 amide bonds. The highest BCUT2D eigenvalue weighted by atomic mass is 16.6. The third kappa shape index (κ3) is 4.72. The van der Waals surface area contributed by atoms with Gasteiger partial charge < -0.3 is 4.84 Å². The van der Waals surface area contributed by atoms with Gasteiger partial charge in [0.2, 0.25) is 0 Å². The van der Waals surface area contributed by atoms with Crippen LogP contribution in [-0.4, -0.2) is 36.9 Å². The van der Waals surface area contributed by atoms with E-state index in [0.29, 0.717) is 6.04 Å². The first-order valence-electron chi connectivity index (χ1n) is 9.91. The average molecular weight is 341 g/mol. The second-order valence-electron chi connectivity index (χ2n) is 7.32. The summed E-state index contributed by atoms with van der Waals surface area (Å²) in [5.74, 6) is 0. The summed E-state index contributed by atoms with van der Waals surface area (Å²) >= 11 is 0. The summed E-state index contributed by atoms with van der Waals surface area (Å²) in [7, 11) is 1.67. The molecule has 1 aromatic carbocycles. The van der Waals surface area contributed by atoms with Crippen LogP contribution < -0.4 is 0 Å². The summed E-state index contributed by atoms with van der Waals surface area (Å²) in [6.45, 7) is 4.68. The van der Waals surface area contributed by atoms with Gasteiger partial charge in [-0.15, -0.1) is 0 Å². The Labute approximate surface area is 152 Å². The monoisotopic (exact) mass is 340 g/mol. The van der Waals surface area contributed by atoms with Gasteiger partial charge in [0.15, 0.2) is 0 Å². The zero-order valence-corrected chi connectivity index (χ0v) is 15.8. The smallest absolute Gasteiger partial charge is 0.106 e. The van der Waals surface area contributed by atoms with E-state index in [1.165, 1.54) is 68.5 Å². The van der Waals surface area contributed by atoms with Crippen LogP contribution in [-0.2, 0) is 11.3 Å². The van der Waals surface area contributed by atoms with Gasteiger partial charge in [-0.2, -0.15) is 0 Å². The molecule has 0 spiro atoms. The molecule has 2 aliphatic carbocycles.